The van der Waals surface area contributed by atoms with Crippen LogP contribution in [-0.4, -0.2) is 38.2 Å². The standard InChI is InChI=1S/C21H27N3O5S/c1-13(2)7-16(24-30(4,26)27)12-28-17-5-6-18-19-9-21(23-14(3)25)22-10-15(19)11-29-20(18)8-17/h5-6,8-10,13,16,24H,7,11-12H2,1-4H3,(H,22,23,25)/t16-/m0/s1. The van der Waals surface area contributed by atoms with Gasteiger partial charge in [-0.25, -0.2) is 18.1 Å². The molecule has 0 saturated heterocycles. The minimum absolute atomic E-state index is 0.183. The van der Waals surface area contributed by atoms with Crippen LogP contribution in [0, 0.1) is 5.92 Å². The quantitative estimate of drug-likeness (QED) is 0.663. The van der Waals surface area contributed by atoms with Gasteiger partial charge in [0, 0.05) is 30.3 Å². The maximum Gasteiger partial charge on any atom is 0.222 e. The Labute approximate surface area is 177 Å². The van der Waals surface area contributed by atoms with Gasteiger partial charge < -0.3 is 14.8 Å². The molecule has 0 fully saturated rings. The first-order valence-electron chi connectivity index (χ1n) is 9.74. The van der Waals surface area contributed by atoms with Crippen LogP contribution in [-0.2, 0) is 21.4 Å². The van der Waals surface area contributed by atoms with Gasteiger partial charge >= 0.3 is 0 Å². The fourth-order valence-electron chi connectivity index (χ4n) is 3.41. The van der Waals surface area contributed by atoms with Gasteiger partial charge in [0.15, 0.2) is 0 Å². The second-order valence-electron chi connectivity index (χ2n) is 7.88. The predicted octanol–water partition coefficient (Wildman–Crippen LogP) is 2.94. The summed E-state index contributed by atoms with van der Waals surface area (Å²) in [6.07, 6.45) is 3.51. The Hall–Kier alpha value is -2.65. The Morgan fingerprint density at radius 1 is 1.27 bits per heavy atom. The summed E-state index contributed by atoms with van der Waals surface area (Å²) in [7, 11) is -3.32. The lowest BCUT2D eigenvalue weighted by molar-refractivity contribution is -0.114. The molecule has 0 radical (unpaired) electrons. The number of benzene rings is 1. The smallest absolute Gasteiger partial charge is 0.222 e. The van der Waals surface area contributed by atoms with E-state index in [4.69, 9.17) is 9.47 Å². The van der Waals surface area contributed by atoms with E-state index in [9.17, 15) is 13.2 Å². The van der Waals surface area contributed by atoms with Crippen molar-refractivity contribution in [1.29, 1.82) is 0 Å². The van der Waals surface area contributed by atoms with Gasteiger partial charge in [-0.15, -0.1) is 0 Å². The first-order chi connectivity index (χ1) is 14.1. The van der Waals surface area contributed by atoms with E-state index in [-0.39, 0.29) is 18.6 Å². The third kappa shape index (κ3) is 5.93. The monoisotopic (exact) mass is 433 g/mol. The molecule has 0 spiro atoms. The average Bonchev–Trinajstić information content (AvgIpc) is 2.63. The van der Waals surface area contributed by atoms with E-state index in [1.807, 2.05) is 32.0 Å². The molecule has 1 aliphatic rings. The molecule has 2 aromatic rings. The third-order valence-corrected chi connectivity index (χ3v) is 5.27. The maximum atomic E-state index is 11.6. The van der Waals surface area contributed by atoms with Crippen LogP contribution >= 0.6 is 0 Å². The zero-order chi connectivity index (χ0) is 21.9. The van der Waals surface area contributed by atoms with Gasteiger partial charge in [0.1, 0.15) is 30.5 Å². The van der Waals surface area contributed by atoms with Gasteiger partial charge in [0.2, 0.25) is 15.9 Å². The summed E-state index contributed by atoms with van der Waals surface area (Å²) < 4.78 is 37.6. The Morgan fingerprint density at radius 2 is 2.03 bits per heavy atom. The largest absolute Gasteiger partial charge is 0.492 e. The second-order valence-corrected chi connectivity index (χ2v) is 9.66. The summed E-state index contributed by atoms with van der Waals surface area (Å²) in [5, 5.41) is 2.69. The van der Waals surface area contributed by atoms with E-state index in [1.165, 1.54) is 6.92 Å². The van der Waals surface area contributed by atoms with Crippen molar-refractivity contribution in [2.75, 3.05) is 18.2 Å². The molecular weight excluding hydrogens is 406 g/mol. The van der Waals surface area contributed by atoms with Gasteiger partial charge in [-0.05, 0) is 36.1 Å². The van der Waals surface area contributed by atoms with Crippen LogP contribution in [0.15, 0.2) is 30.5 Å². The highest BCUT2D eigenvalue weighted by Gasteiger charge is 2.20. The molecule has 0 unspecified atom stereocenters. The van der Waals surface area contributed by atoms with E-state index in [1.54, 1.807) is 12.3 Å². The van der Waals surface area contributed by atoms with Crippen LogP contribution in [0.5, 0.6) is 11.5 Å². The summed E-state index contributed by atoms with van der Waals surface area (Å²) in [5.74, 6) is 1.88. The Bertz CT molecular complexity index is 1040. The highest BCUT2D eigenvalue weighted by atomic mass is 32.2. The number of nitrogens with one attached hydrogen (secondary N) is 2. The molecule has 30 heavy (non-hydrogen) atoms. The Morgan fingerprint density at radius 3 is 2.70 bits per heavy atom. The number of anilines is 1. The van der Waals surface area contributed by atoms with Crippen molar-refractivity contribution in [1.82, 2.24) is 9.71 Å². The average molecular weight is 434 g/mol. The molecule has 0 bridgehead atoms. The first-order valence-corrected chi connectivity index (χ1v) is 11.6. The number of carbonyl (C=O) groups is 1. The van der Waals surface area contributed by atoms with Crippen molar-refractivity contribution in [2.45, 2.75) is 39.8 Å². The number of hydrogen-bond acceptors (Lipinski definition) is 6. The Balaban J connectivity index is 1.77. The molecule has 1 amide bonds. The normalized spacial score (nSPS) is 13.8. The topological polar surface area (TPSA) is 107 Å². The lowest BCUT2D eigenvalue weighted by Gasteiger charge is -2.23. The number of hydrogen-bond donors (Lipinski definition) is 2. The Kier molecular flexibility index (Phi) is 6.62. The van der Waals surface area contributed by atoms with Gasteiger partial charge in [-0.2, -0.15) is 0 Å². The van der Waals surface area contributed by atoms with Crippen LogP contribution in [0.4, 0.5) is 5.82 Å². The molecule has 8 nitrogen and oxygen atoms in total. The molecule has 1 aromatic carbocycles. The highest BCUT2D eigenvalue weighted by Crippen LogP contribution is 2.40. The van der Waals surface area contributed by atoms with Crippen molar-refractivity contribution in [3.8, 4) is 22.6 Å². The fraction of sp³-hybridized carbons (Fsp3) is 0.429. The van der Waals surface area contributed by atoms with E-state index in [0.29, 0.717) is 36.3 Å². The maximum absolute atomic E-state index is 11.6. The highest BCUT2D eigenvalue weighted by molar-refractivity contribution is 7.88. The van der Waals surface area contributed by atoms with Gasteiger partial charge in [0.25, 0.3) is 0 Å². The van der Waals surface area contributed by atoms with E-state index in [2.05, 4.69) is 15.0 Å². The molecule has 2 N–H and O–H groups in total. The van der Waals surface area contributed by atoms with E-state index >= 15 is 0 Å². The molecule has 3 rings (SSSR count). The third-order valence-electron chi connectivity index (χ3n) is 4.50. The molecule has 2 heterocycles. The van der Waals surface area contributed by atoms with Crippen molar-refractivity contribution >= 4 is 21.7 Å². The molecule has 1 aromatic heterocycles. The first kappa shape index (κ1) is 22.0. The lowest BCUT2D eigenvalue weighted by Crippen LogP contribution is -2.39. The molecule has 0 aliphatic carbocycles. The van der Waals surface area contributed by atoms with Crippen LogP contribution in [0.25, 0.3) is 11.1 Å². The number of sulfonamides is 1. The zero-order valence-electron chi connectivity index (χ0n) is 17.6. The SMILES string of the molecule is CC(=O)Nc1cc2c(cn1)COc1cc(OC[C@H](CC(C)C)NS(C)(=O)=O)ccc1-2. The zero-order valence-corrected chi connectivity index (χ0v) is 18.4. The van der Waals surface area contributed by atoms with Crippen molar-refractivity contribution in [3.05, 3.63) is 36.0 Å². The van der Waals surface area contributed by atoms with Gasteiger partial charge in [-0.3, -0.25) is 4.79 Å². The van der Waals surface area contributed by atoms with Crippen LogP contribution in [0.2, 0.25) is 0 Å². The van der Waals surface area contributed by atoms with E-state index < -0.39 is 10.0 Å². The number of rotatable bonds is 8. The van der Waals surface area contributed by atoms with Crippen molar-refractivity contribution in [2.24, 2.45) is 5.92 Å². The fourth-order valence-corrected chi connectivity index (χ4v) is 4.18. The van der Waals surface area contributed by atoms with Crippen LogP contribution < -0.4 is 19.5 Å². The molecule has 1 aliphatic heterocycles. The number of amides is 1. The minimum Gasteiger partial charge on any atom is -0.492 e. The number of aromatic nitrogens is 1. The molecule has 9 heteroatoms. The van der Waals surface area contributed by atoms with E-state index in [0.717, 1.165) is 22.9 Å². The number of pyridine rings is 1. The van der Waals surface area contributed by atoms with Gasteiger partial charge in [0.05, 0.1) is 12.3 Å². The molecule has 162 valence electrons. The summed E-state index contributed by atoms with van der Waals surface area (Å²) in [6, 6.07) is 7.02. The second kappa shape index (κ2) is 9.01. The summed E-state index contributed by atoms with van der Waals surface area (Å²) in [4.78, 5) is 15.5. The molecule has 0 saturated carbocycles. The minimum atomic E-state index is -3.32. The van der Waals surface area contributed by atoms with Crippen molar-refractivity contribution in [3.63, 3.8) is 0 Å². The molecular formula is C21H27N3O5S. The number of ether oxygens (including phenoxy) is 2. The van der Waals surface area contributed by atoms with Crippen LogP contribution in [0.1, 0.15) is 32.8 Å². The predicted molar refractivity (Wildman–Crippen MR) is 115 cm³/mol. The number of nitrogens with zero attached hydrogens (tertiary/aromatic N) is 1. The van der Waals surface area contributed by atoms with Gasteiger partial charge in [-0.1, -0.05) is 13.8 Å². The summed E-state index contributed by atoms with van der Waals surface area (Å²) in [5.41, 5.74) is 2.75. The lowest BCUT2D eigenvalue weighted by atomic mass is 9.98. The number of carbonyl (C=O) groups excluding carboxylic acids is 1. The van der Waals surface area contributed by atoms with Crippen LogP contribution in [0.3, 0.4) is 0 Å². The summed E-state index contributed by atoms with van der Waals surface area (Å²) in [6.45, 7) is 6.09. The molecule has 1 atom stereocenters. The number of fused-ring (bicyclic) bond motifs is 3. The summed E-state index contributed by atoms with van der Waals surface area (Å²) >= 11 is 0. The van der Waals surface area contributed by atoms with Crippen molar-refractivity contribution < 1.29 is 22.7 Å².